The molecule has 0 bridgehead atoms. The number of aryl methyl sites for hydroxylation is 1. The van der Waals surface area contributed by atoms with E-state index in [4.69, 9.17) is 5.53 Å². The molecule has 1 atom stereocenters. The van der Waals surface area contributed by atoms with E-state index in [9.17, 15) is 8.42 Å². The zero-order valence-electron chi connectivity index (χ0n) is 12.5. The molecule has 21 heavy (non-hydrogen) atoms. The number of benzene rings is 1. The van der Waals surface area contributed by atoms with Gasteiger partial charge in [0.2, 0.25) is 10.0 Å². The lowest BCUT2D eigenvalue weighted by atomic mass is 9.91. The summed E-state index contributed by atoms with van der Waals surface area (Å²) in [6.07, 6.45) is 0.692. The highest BCUT2D eigenvalue weighted by atomic mass is 32.2. The van der Waals surface area contributed by atoms with Crippen molar-refractivity contribution in [1.29, 1.82) is 0 Å². The summed E-state index contributed by atoms with van der Waals surface area (Å²) < 4.78 is 27.1. The largest absolute Gasteiger partial charge is 0.243 e. The van der Waals surface area contributed by atoms with E-state index in [2.05, 4.69) is 10.0 Å². The molecule has 1 aromatic carbocycles. The summed E-state index contributed by atoms with van der Waals surface area (Å²) in [6, 6.07) is 6.55. The quantitative estimate of drug-likeness (QED) is 0.486. The van der Waals surface area contributed by atoms with Gasteiger partial charge in [0.15, 0.2) is 0 Å². The van der Waals surface area contributed by atoms with E-state index in [1.54, 1.807) is 24.3 Å². The standard InChI is InChI=1S/C14H20N4O2S/c1-11-4-6-13(7-5-11)21(19,20)18-10-14(2,3)8-12(18)9-16-17-15/h4-7,12H,8-10H2,1-3H3. The molecule has 114 valence electrons. The van der Waals surface area contributed by atoms with Crippen LogP contribution in [0.25, 0.3) is 10.4 Å². The molecule has 0 aromatic heterocycles. The molecule has 0 saturated carbocycles. The van der Waals surface area contributed by atoms with Crippen molar-refractivity contribution in [2.24, 2.45) is 10.5 Å². The second-order valence-corrected chi connectivity index (χ2v) is 8.19. The molecule has 1 aliphatic rings. The number of hydrogen-bond donors (Lipinski definition) is 0. The zero-order chi connectivity index (χ0) is 15.7. The third kappa shape index (κ3) is 3.37. The first-order valence-electron chi connectivity index (χ1n) is 6.86. The summed E-state index contributed by atoms with van der Waals surface area (Å²) in [5.74, 6) is 0. The monoisotopic (exact) mass is 308 g/mol. The summed E-state index contributed by atoms with van der Waals surface area (Å²) >= 11 is 0. The Morgan fingerprint density at radius 1 is 1.38 bits per heavy atom. The Balaban J connectivity index is 2.36. The molecule has 1 unspecified atom stereocenters. The highest BCUT2D eigenvalue weighted by Gasteiger charge is 2.43. The van der Waals surface area contributed by atoms with Gasteiger partial charge >= 0.3 is 0 Å². The van der Waals surface area contributed by atoms with Gasteiger partial charge in [-0.1, -0.05) is 36.7 Å². The van der Waals surface area contributed by atoms with Gasteiger partial charge in [-0.25, -0.2) is 8.42 Å². The van der Waals surface area contributed by atoms with E-state index in [0.29, 0.717) is 13.0 Å². The van der Waals surface area contributed by atoms with Crippen LogP contribution < -0.4 is 0 Å². The maximum Gasteiger partial charge on any atom is 0.243 e. The maximum atomic E-state index is 12.8. The average Bonchev–Trinajstić information content (AvgIpc) is 2.73. The normalized spacial score (nSPS) is 22.0. The summed E-state index contributed by atoms with van der Waals surface area (Å²) in [5.41, 5.74) is 9.38. The topological polar surface area (TPSA) is 86.1 Å². The van der Waals surface area contributed by atoms with Crippen molar-refractivity contribution >= 4 is 10.0 Å². The van der Waals surface area contributed by atoms with E-state index < -0.39 is 10.0 Å². The number of rotatable bonds is 4. The highest BCUT2D eigenvalue weighted by molar-refractivity contribution is 7.89. The number of sulfonamides is 1. The molecule has 0 aliphatic carbocycles. The van der Waals surface area contributed by atoms with E-state index in [0.717, 1.165) is 5.56 Å². The van der Waals surface area contributed by atoms with Gasteiger partial charge in [0.25, 0.3) is 0 Å². The molecule has 0 spiro atoms. The van der Waals surface area contributed by atoms with Crippen LogP contribution in [0.2, 0.25) is 0 Å². The maximum absolute atomic E-state index is 12.8. The minimum atomic E-state index is -3.56. The van der Waals surface area contributed by atoms with Gasteiger partial charge in [-0.2, -0.15) is 4.31 Å². The molecular formula is C14H20N4O2S. The van der Waals surface area contributed by atoms with Gasteiger partial charge in [0.1, 0.15) is 0 Å². The Labute approximate surface area is 125 Å². The molecule has 1 fully saturated rings. The molecule has 7 heteroatoms. The number of hydrogen-bond acceptors (Lipinski definition) is 3. The average molecular weight is 308 g/mol. The number of azide groups is 1. The van der Waals surface area contributed by atoms with Crippen LogP contribution in [0.3, 0.4) is 0 Å². The molecule has 1 saturated heterocycles. The lowest BCUT2D eigenvalue weighted by Crippen LogP contribution is -2.37. The van der Waals surface area contributed by atoms with Crippen LogP contribution in [0.5, 0.6) is 0 Å². The predicted molar refractivity (Wildman–Crippen MR) is 81.3 cm³/mol. The Kier molecular flexibility index (Phi) is 4.27. The molecule has 0 N–H and O–H groups in total. The first kappa shape index (κ1) is 15.8. The van der Waals surface area contributed by atoms with Gasteiger partial charge in [-0.05, 0) is 36.4 Å². The van der Waals surface area contributed by atoms with Gasteiger partial charge in [-0.3, -0.25) is 0 Å². The van der Waals surface area contributed by atoms with Crippen LogP contribution in [0.15, 0.2) is 34.3 Å². The first-order chi connectivity index (χ1) is 9.76. The van der Waals surface area contributed by atoms with Crippen molar-refractivity contribution in [2.75, 3.05) is 13.1 Å². The second-order valence-electron chi connectivity index (χ2n) is 6.30. The minimum absolute atomic E-state index is 0.118. The van der Waals surface area contributed by atoms with Gasteiger partial charge in [0.05, 0.1) is 4.90 Å². The molecule has 2 rings (SSSR count). The van der Waals surface area contributed by atoms with Gasteiger partial charge < -0.3 is 0 Å². The summed E-state index contributed by atoms with van der Waals surface area (Å²) in [4.78, 5) is 3.04. The van der Waals surface area contributed by atoms with E-state index in [-0.39, 0.29) is 22.9 Å². The lowest BCUT2D eigenvalue weighted by molar-refractivity contribution is 0.368. The van der Waals surface area contributed by atoms with Crippen molar-refractivity contribution in [3.05, 3.63) is 40.3 Å². The Morgan fingerprint density at radius 2 is 2.00 bits per heavy atom. The van der Waals surface area contributed by atoms with Crippen molar-refractivity contribution in [2.45, 2.75) is 38.1 Å². The SMILES string of the molecule is Cc1ccc(S(=O)(=O)N2CC(C)(C)CC2CN=[N+]=[N-])cc1. The van der Waals surface area contributed by atoms with E-state index >= 15 is 0 Å². The summed E-state index contributed by atoms with van der Waals surface area (Å²) in [5, 5.41) is 3.57. The second kappa shape index (κ2) is 5.67. The van der Waals surface area contributed by atoms with Crippen LogP contribution in [0.4, 0.5) is 0 Å². The van der Waals surface area contributed by atoms with E-state index in [1.807, 2.05) is 20.8 Å². The Bertz CT molecular complexity index is 661. The molecule has 6 nitrogen and oxygen atoms in total. The lowest BCUT2D eigenvalue weighted by Gasteiger charge is -2.23. The summed E-state index contributed by atoms with van der Waals surface area (Å²) in [6.45, 7) is 6.58. The fourth-order valence-corrected chi connectivity index (χ4v) is 4.57. The van der Waals surface area contributed by atoms with Crippen LogP contribution in [0.1, 0.15) is 25.8 Å². The Morgan fingerprint density at radius 3 is 2.57 bits per heavy atom. The fraction of sp³-hybridized carbons (Fsp3) is 0.571. The third-order valence-electron chi connectivity index (χ3n) is 3.76. The fourth-order valence-electron chi connectivity index (χ4n) is 2.77. The van der Waals surface area contributed by atoms with Crippen molar-refractivity contribution < 1.29 is 8.42 Å². The van der Waals surface area contributed by atoms with Crippen LogP contribution in [0, 0.1) is 12.3 Å². The van der Waals surface area contributed by atoms with Crippen molar-refractivity contribution in [3.63, 3.8) is 0 Å². The molecular weight excluding hydrogens is 288 g/mol. The van der Waals surface area contributed by atoms with Crippen LogP contribution >= 0.6 is 0 Å². The van der Waals surface area contributed by atoms with Gasteiger partial charge in [0, 0.05) is 24.0 Å². The van der Waals surface area contributed by atoms with Crippen LogP contribution in [-0.4, -0.2) is 31.9 Å². The number of nitrogens with zero attached hydrogens (tertiary/aromatic N) is 4. The molecule has 1 heterocycles. The van der Waals surface area contributed by atoms with Crippen molar-refractivity contribution in [3.8, 4) is 0 Å². The van der Waals surface area contributed by atoms with Gasteiger partial charge in [-0.15, -0.1) is 0 Å². The smallest absolute Gasteiger partial charge is 0.207 e. The summed E-state index contributed by atoms with van der Waals surface area (Å²) in [7, 11) is -3.56. The zero-order valence-corrected chi connectivity index (χ0v) is 13.3. The molecule has 1 aromatic rings. The predicted octanol–water partition coefficient (Wildman–Crippen LogP) is 3.09. The Hall–Kier alpha value is -1.56. The first-order valence-corrected chi connectivity index (χ1v) is 8.30. The molecule has 1 aliphatic heterocycles. The van der Waals surface area contributed by atoms with Crippen LogP contribution in [-0.2, 0) is 10.0 Å². The minimum Gasteiger partial charge on any atom is -0.207 e. The third-order valence-corrected chi connectivity index (χ3v) is 5.68. The highest BCUT2D eigenvalue weighted by Crippen LogP contribution is 2.37. The molecule has 0 amide bonds. The molecule has 0 radical (unpaired) electrons. The van der Waals surface area contributed by atoms with Crippen molar-refractivity contribution in [1.82, 2.24) is 4.31 Å². The van der Waals surface area contributed by atoms with E-state index in [1.165, 1.54) is 4.31 Å².